The highest BCUT2D eigenvalue weighted by Crippen LogP contribution is 2.15. The third-order valence-electron chi connectivity index (χ3n) is 2.65. The van der Waals surface area contributed by atoms with Crippen molar-refractivity contribution in [2.24, 2.45) is 0 Å². The van der Waals surface area contributed by atoms with Gasteiger partial charge in [0, 0.05) is 19.1 Å². The monoisotopic (exact) mass is 188 g/mol. The van der Waals surface area contributed by atoms with E-state index in [4.69, 9.17) is 0 Å². The van der Waals surface area contributed by atoms with Crippen LogP contribution < -0.4 is 0 Å². The van der Waals surface area contributed by atoms with Gasteiger partial charge in [-0.25, -0.2) is 4.39 Å². The van der Waals surface area contributed by atoms with Crippen LogP contribution in [-0.4, -0.2) is 55.7 Å². The second kappa shape index (κ2) is 4.91. The minimum absolute atomic E-state index is 0.480. The van der Waals surface area contributed by atoms with E-state index in [1.807, 2.05) is 0 Å². The van der Waals surface area contributed by atoms with E-state index in [9.17, 15) is 4.39 Å². The van der Waals surface area contributed by atoms with Crippen molar-refractivity contribution in [2.45, 2.75) is 32.0 Å². The molecule has 0 aromatic heterocycles. The standard InChI is InChI=1S/C10H21FN2/c1-9(7-12(2)3)13-6-4-5-10(11)8-13/h9-10H,4-8H2,1-3H3. The summed E-state index contributed by atoms with van der Waals surface area (Å²) in [4.78, 5) is 4.42. The van der Waals surface area contributed by atoms with Crippen molar-refractivity contribution < 1.29 is 4.39 Å². The Morgan fingerprint density at radius 1 is 1.54 bits per heavy atom. The van der Waals surface area contributed by atoms with E-state index in [0.717, 1.165) is 25.9 Å². The van der Waals surface area contributed by atoms with E-state index in [1.54, 1.807) is 0 Å². The summed E-state index contributed by atoms with van der Waals surface area (Å²) in [6, 6.07) is 0.480. The molecule has 2 nitrogen and oxygen atoms in total. The molecule has 0 radical (unpaired) electrons. The van der Waals surface area contributed by atoms with Crippen LogP contribution in [0.3, 0.4) is 0 Å². The van der Waals surface area contributed by atoms with Crippen LogP contribution in [0, 0.1) is 0 Å². The summed E-state index contributed by atoms with van der Waals surface area (Å²) >= 11 is 0. The van der Waals surface area contributed by atoms with E-state index >= 15 is 0 Å². The van der Waals surface area contributed by atoms with Gasteiger partial charge in [0.1, 0.15) is 6.17 Å². The molecular weight excluding hydrogens is 167 g/mol. The van der Waals surface area contributed by atoms with Gasteiger partial charge in [0.05, 0.1) is 0 Å². The lowest BCUT2D eigenvalue weighted by Crippen LogP contribution is -2.46. The second-order valence-corrected chi connectivity index (χ2v) is 4.35. The van der Waals surface area contributed by atoms with Crippen molar-refractivity contribution in [3.63, 3.8) is 0 Å². The fourth-order valence-corrected chi connectivity index (χ4v) is 2.00. The van der Waals surface area contributed by atoms with Gasteiger partial charge in [0.15, 0.2) is 0 Å². The summed E-state index contributed by atoms with van der Waals surface area (Å²) in [7, 11) is 4.13. The van der Waals surface area contributed by atoms with E-state index in [1.165, 1.54) is 0 Å². The van der Waals surface area contributed by atoms with Gasteiger partial charge in [-0.3, -0.25) is 4.90 Å². The Bertz CT molecular complexity index is 150. The Morgan fingerprint density at radius 3 is 2.77 bits per heavy atom. The molecule has 1 saturated heterocycles. The SMILES string of the molecule is CC(CN(C)C)N1CCCC(F)C1. The van der Waals surface area contributed by atoms with E-state index < -0.39 is 6.17 Å². The van der Waals surface area contributed by atoms with Gasteiger partial charge in [-0.15, -0.1) is 0 Å². The molecule has 0 amide bonds. The van der Waals surface area contributed by atoms with Crippen LogP contribution in [0.1, 0.15) is 19.8 Å². The molecule has 2 atom stereocenters. The molecule has 0 bridgehead atoms. The number of likely N-dealkylation sites (tertiary alicyclic amines) is 1. The number of hydrogen-bond acceptors (Lipinski definition) is 2. The molecule has 0 saturated carbocycles. The normalized spacial score (nSPS) is 27.9. The molecule has 0 aliphatic carbocycles. The number of likely N-dealkylation sites (N-methyl/N-ethyl adjacent to an activating group) is 1. The Kier molecular flexibility index (Phi) is 4.13. The molecule has 1 rings (SSSR count). The van der Waals surface area contributed by atoms with E-state index in [0.29, 0.717) is 12.6 Å². The molecule has 0 aromatic carbocycles. The number of rotatable bonds is 3. The number of alkyl halides is 1. The lowest BCUT2D eigenvalue weighted by Gasteiger charge is -2.35. The highest BCUT2D eigenvalue weighted by atomic mass is 19.1. The van der Waals surface area contributed by atoms with Crippen molar-refractivity contribution in [3.05, 3.63) is 0 Å². The zero-order valence-electron chi connectivity index (χ0n) is 8.96. The Labute approximate surface area is 80.7 Å². The van der Waals surface area contributed by atoms with Crippen LogP contribution in [0.4, 0.5) is 4.39 Å². The topological polar surface area (TPSA) is 6.48 Å². The first-order valence-corrected chi connectivity index (χ1v) is 5.12. The largest absolute Gasteiger partial charge is 0.308 e. The van der Waals surface area contributed by atoms with Crippen LogP contribution >= 0.6 is 0 Å². The summed E-state index contributed by atoms with van der Waals surface area (Å²) in [5, 5.41) is 0. The summed E-state index contributed by atoms with van der Waals surface area (Å²) in [6.07, 6.45) is 1.17. The van der Waals surface area contributed by atoms with Crippen molar-refractivity contribution in [1.29, 1.82) is 0 Å². The number of piperidine rings is 1. The maximum atomic E-state index is 13.1. The molecule has 2 unspecified atom stereocenters. The zero-order chi connectivity index (χ0) is 9.84. The maximum absolute atomic E-state index is 13.1. The summed E-state index contributed by atoms with van der Waals surface area (Å²) in [5.41, 5.74) is 0. The van der Waals surface area contributed by atoms with Crippen LogP contribution in [0.5, 0.6) is 0 Å². The number of nitrogens with zero attached hydrogens (tertiary/aromatic N) is 2. The van der Waals surface area contributed by atoms with Gasteiger partial charge in [0.25, 0.3) is 0 Å². The number of halogens is 1. The molecule has 0 N–H and O–H groups in total. The highest BCUT2D eigenvalue weighted by molar-refractivity contribution is 4.77. The predicted octanol–water partition coefficient (Wildman–Crippen LogP) is 1.37. The van der Waals surface area contributed by atoms with Gasteiger partial charge in [0.2, 0.25) is 0 Å². The van der Waals surface area contributed by atoms with Crippen LogP contribution in [0.25, 0.3) is 0 Å². The first-order chi connectivity index (χ1) is 6.09. The minimum Gasteiger partial charge on any atom is -0.308 e. The molecule has 1 aliphatic heterocycles. The highest BCUT2D eigenvalue weighted by Gasteiger charge is 2.22. The number of hydrogen-bond donors (Lipinski definition) is 0. The quantitative estimate of drug-likeness (QED) is 0.660. The van der Waals surface area contributed by atoms with Crippen molar-refractivity contribution in [2.75, 3.05) is 33.7 Å². The zero-order valence-corrected chi connectivity index (χ0v) is 8.96. The van der Waals surface area contributed by atoms with Crippen LogP contribution in [-0.2, 0) is 0 Å². The maximum Gasteiger partial charge on any atom is 0.113 e. The van der Waals surface area contributed by atoms with Crippen molar-refractivity contribution >= 4 is 0 Å². The molecule has 1 aliphatic rings. The molecule has 1 heterocycles. The first kappa shape index (κ1) is 10.9. The van der Waals surface area contributed by atoms with Gasteiger partial charge in [-0.1, -0.05) is 0 Å². The fourth-order valence-electron chi connectivity index (χ4n) is 2.00. The average Bonchev–Trinajstić information content (AvgIpc) is 2.03. The summed E-state index contributed by atoms with van der Waals surface area (Å²) in [5.74, 6) is 0. The smallest absolute Gasteiger partial charge is 0.113 e. The lowest BCUT2D eigenvalue weighted by atomic mass is 10.1. The predicted molar refractivity (Wildman–Crippen MR) is 53.7 cm³/mol. The molecular formula is C10H21FN2. The van der Waals surface area contributed by atoms with Gasteiger partial charge >= 0.3 is 0 Å². The van der Waals surface area contributed by atoms with Gasteiger partial charge < -0.3 is 4.90 Å². The van der Waals surface area contributed by atoms with Crippen LogP contribution in [0.2, 0.25) is 0 Å². The summed E-state index contributed by atoms with van der Waals surface area (Å²) in [6.45, 7) is 4.90. The van der Waals surface area contributed by atoms with Crippen molar-refractivity contribution in [1.82, 2.24) is 9.80 Å². The third kappa shape index (κ3) is 3.61. The molecule has 3 heteroatoms. The van der Waals surface area contributed by atoms with E-state index in [2.05, 4.69) is 30.8 Å². The Morgan fingerprint density at radius 2 is 2.23 bits per heavy atom. The Balaban J connectivity index is 2.32. The molecule has 0 spiro atoms. The average molecular weight is 188 g/mol. The summed E-state index contributed by atoms with van der Waals surface area (Å²) < 4.78 is 13.1. The van der Waals surface area contributed by atoms with Gasteiger partial charge in [-0.05, 0) is 40.4 Å². The minimum atomic E-state index is -0.599. The lowest BCUT2D eigenvalue weighted by molar-refractivity contribution is 0.0924. The van der Waals surface area contributed by atoms with Gasteiger partial charge in [-0.2, -0.15) is 0 Å². The third-order valence-corrected chi connectivity index (χ3v) is 2.65. The molecule has 78 valence electrons. The molecule has 13 heavy (non-hydrogen) atoms. The molecule has 0 aromatic rings. The second-order valence-electron chi connectivity index (χ2n) is 4.35. The fraction of sp³-hybridized carbons (Fsp3) is 1.00. The Hall–Kier alpha value is -0.150. The first-order valence-electron chi connectivity index (χ1n) is 5.12. The van der Waals surface area contributed by atoms with Crippen LogP contribution in [0.15, 0.2) is 0 Å². The van der Waals surface area contributed by atoms with Crippen molar-refractivity contribution in [3.8, 4) is 0 Å². The van der Waals surface area contributed by atoms with E-state index in [-0.39, 0.29) is 0 Å². The molecule has 1 fully saturated rings.